The predicted octanol–water partition coefficient (Wildman–Crippen LogP) is 3.14. The molecule has 0 amide bonds. The van der Waals surface area contributed by atoms with Crippen LogP contribution in [0.5, 0.6) is 0 Å². The molecule has 3 rings (SSSR count). The fourth-order valence-electron chi connectivity index (χ4n) is 2.32. The molecule has 1 aliphatic carbocycles. The van der Waals surface area contributed by atoms with E-state index in [4.69, 9.17) is 0 Å². The van der Waals surface area contributed by atoms with Gasteiger partial charge in [0.15, 0.2) is 0 Å². The summed E-state index contributed by atoms with van der Waals surface area (Å²) in [6.45, 7) is 4.37. The van der Waals surface area contributed by atoms with Crippen LogP contribution >= 0.6 is 0 Å². The quantitative estimate of drug-likeness (QED) is 0.885. The highest BCUT2D eigenvalue weighted by atomic mass is 16.4. The van der Waals surface area contributed by atoms with Crippen molar-refractivity contribution in [3.8, 4) is 0 Å². The van der Waals surface area contributed by atoms with E-state index < -0.39 is 5.97 Å². The van der Waals surface area contributed by atoms with Gasteiger partial charge in [-0.05, 0) is 24.0 Å². The molecule has 1 atom stereocenters. The maximum Gasteiger partial charge on any atom is 0.336 e. The van der Waals surface area contributed by atoms with Gasteiger partial charge >= 0.3 is 5.97 Å². The first kappa shape index (κ1) is 12.0. The summed E-state index contributed by atoms with van der Waals surface area (Å²) in [4.78, 5) is 15.8. The molecule has 1 fully saturated rings. The number of para-hydroxylation sites is 1. The average molecular weight is 256 g/mol. The van der Waals surface area contributed by atoms with Crippen LogP contribution in [0.2, 0.25) is 0 Å². The minimum atomic E-state index is -0.920. The molecule has 1 saturated carbocycles. The Kier molecular flexibility index (Phi) is 2.49. The minimum Gasteiger partial charge on any atom is -0.478 e. The number of pyridine rings is 1. The first-order valence-electron chi connectivity index (χ1n) is 6.37. The van der Waals surface area contributed by atoms with Crippen molar-refractivity contribution in [2.45, 2.75) is 26.3 Å². The Bertz CT molecular complexity index is 664. The summed E-state index contributed by atoms with van der Waals surface area (Å²) in [7, 11) is 0. The SMILES string of the molecule is CC1(C)CC1Nc1cc(C(=O)O)c2ccccc2n1. The Morgan fingerprint density at radius 1 is 1.42 bits per heavy atom. The summed E-state index contributed by atoms with van der Waals surface area (Å²) in [6.07, 6.45) is 1.09. The molecule has 1 aliphatic rings. The number of aromatic carboxylic acids is 1. The molecule has 19 heavy (non-hydrogen) atoms. The first-order chi connectivity index (χ1) is 8.97. The smallest absolute Gasteiger partial charge is 0.336 e. The third-order valence-corrected chi connectivity index (χ3v) is 3.78. The summed E-state index contributed by atoms with van der Waals surface area (Å²) in [5.74, 6) is -0.275. The lowest BCUT2D eigenvalue weighted by molar-refractivity contribution is 0.0699. The zero-order chi connectivity index (χ0) is 13.6. The van der Waals surface area contributed by atoms with E-state index in [0.29, 0.717) is 28.3 Å². The molecule has 2 aromatic rings. The molecular formula is C15H16N2O2. The number of benzene rings is 1. The van der Waals surface area contributed by atoms with Crippen LogP contribution in [0.25, 0.3) is 10.9 Å². The topological polar surface area (TPSA) is 62.2 Å². The van der Waals surface area contributed by atoms with Gasteiger partial charge in [0.05, 0.1) is 11.1 Å². The van der Waals surface area contributed by atoms with Gasteiger partial charge in [0.25, 0.3) is 0 Å². The van der Waals surface area contributed by atoms with Crippen molar-refractivity contribution in [1.82, 2.24) is 4.98 Å². The van der Waals surface area contributed by atoms with Gasteiger partial charge in [-0.1, -0.05) is 32.0 Å². The van der Waals surface area contributed by atoms with Gasteiger partial charge in [0.2, 0.25) is 0 Å². The molecule has 98 valence electrons. The molecule has 0 aliphatic heterocycles. The number of nitrogens with one attached hydrogen (secondary N) is 1. The van der Waals surface area contributed by atoms with Gasteiger partial charge in [0.1, 0.15) is 5.82 Å². The van der Waals surface area contributed by atoms with Gasteiger partial charge in [-0.15, -0.1) is 0 Å². The van der Waals surface area contributed by atoms with Crippen molar-refractivity contribution in [2.75, 3.05) is 5.32 Å². The van der Waals surface area contributed by atoms with Gasteiger partial charge in [0, 0.05) is 11.4 Å². The number of aromatic nitrogens is 1. The van der Waals surface area contributed by atoms with Crippen LogP contribution in [0.3, 0.4) is 0 Å². The number of rotatable bonds is 3. The van der Waals surface area contributed by atoms with Crippen LogP contribution in [0.4, 0.5) is 5.82 Å². The van der Waals surface area contributed by atoms with Gasteiger partial charge in [-0.2, -0.15) is 0 Å². The first-order valence-corrected chi connectivity index (χ1v) is 6.37. The van der Waals surface area contributed by atoms with Crippen molar-refractivity contribution >= 4 is 22.7 Å². The molecule has 1 unspecified atom stereocenters. The van der Waals surface area contributed by atoms with Gasteiger partial charge < -0.3 is 10.4 Å². The Morgan fingerprint density at radius 3 is 2.74 bits per heavy atom. The molecule has 0 radical (unpaired) electrons. The fraction of sp³-hybridized carbons (Fsp3) is 0.333. The second-order valence-electron chi connectivity index (χ2n) is 5.77. The summed E-state index contributed by atoms with van der Waals surface area (Å²) in [6, 6.07) is 9.32. The van der Waals surface area contributed by atoms with Crippen molar-refractivity contribution in [1.29, 1.82) is 0 Å². The minimum absolute atomic E-state index is 0.275. The number of nitrogens with zero attached hydrogens (tertiary/aromatic N) is 1. The largest absolute Gasteiger partial charge is 0.478 e. The number of carbonyl (C=O) groups is 1. The molecule has 4 nitrogen and oxygen atoms in total. The van der Waals surface area contributed by atoms with Crippen LogP contribution in [-0.2, 0) is 0 Å². The van der Waals surface area contributed by atoms with Crippen LogP contribution in [0.1, 0.15) is 30.6 Å². The summed E-state index contributed by atoms with van der Waals surface area (Å²) in [5, 5.41) is 13.3. The predicted molar refractivity (Wildman–Crippen MR) is 74.5 cm³/mol. The number of carboxylic acids is 1. The molecule has 0 saturated heterocycles. The van der Waals surface area contributed by atoms with Gasteiger partial charge in [-0.3, -0.25) is 0 Å². The highest BCUT2D eigenvalue weighted by molar-refractivity contribution is 6.03. The highest BCUT2D eigenvalue weighted by Crippen LogP contribution is 2.46. The third-order valence-electron chi connectivity index (χ3n) is 3.78. The molecule has 4 heteroatoms. The molecule has 2 N–H and O–H groups in total. The number of hydrogen-bond acceptors (Lipinski definition) is 3. The fourth-order valence-corrected chi connectivity index (χ4v) is 2.32. The van der Waals surface area contributed by atoms with Crippen LogP contribution in [-0.4, -0.2) is 22.1 Å². The van der Waals surface area contributed by atoms with Crippen LogP contribution in [0, 0.1) is 5.41 Å². The maximum absolute atomic E-state index is 11.3. The van der Waals surface area contributed by atoms with E-state index in [1.165, 1.54) is 0 Å². The zero-order valence-corrected chi connectivity index (χ0v) is 11.0. The van der Waals surface area contributed by atoms with E-state index in [9.17, 15) is 9.90 Å². The van der Waals surface area contributed by atoms with Crippen LogP contribution in [0.15, 0.2) is 30.3 Å². The van der Waals surface area contributed by atoms with E-state index in [1.54, 1.807) is 12.1 Å². The Morgan fingerprint density at radius 2 is 2.11 bits per heavy atom. The number of fused-ring (bicyclic) bond motifs is 1. The average Bonchev–Trinajstić information content (AvgIpc) is 2.95. The van der Waals surface area contributed by atoms with E-state index in [0.717, 1.165) is 6.42 Å². The van der Waals surface area contributed by atoms with E-state index in [1.807, 2.05) is 18.2 Å². The van der Waals surface area contributed by atoms with E-state index in [2.05, 4.69) is 24.1 Å². The van der Waals surface area contributed by atoms with Crippen LogP contribution < -0.4 is 5.32 Å². The normalized spacial score (nSPS) is 20.2. The van der Waals surface area contributed by atoms with Gasteiger partial charge in [-0.25, -0.2) is 9.78 Å². The number of hydrogen-bond donors (Lipinski definition) is 2. The highest BCUT2D eigenvalue weighted by Gasteiger charge is 2.45. The Balaban J connectivity index is 2.04. The lowest BCUT2D eigenvalue weighted by atomic mass is 10.1. The maximum atomic E-state index is 11.3. The lowest BCUT2D eigenvalue weighted by Gasteiger charge is -2.10. The van der Waals surface area contributed by atoms with E-state index >= 15 is 0 Å². The summed E-state index contributed by atoms with van der Waals surface area (Å²) in [5.41, 5.74) is 1.28. The standard InChI is InChI=1S/C15H16N2O2/c1-15(2)8-12(15)17-13-7-10(14(18)19)9-5-3-4-6-11(9)16-13/h3-7,12H,8H2,1-2H3,(H,16,17)(H,18,19). The molecule has 0 bridgehead atoms. The van der Waals surface area contributed by atoms with E-state index in [-0.39, 0.29) is 5.41 Å². The summed E-state index contributed by atoms with van der Waals surface area (Å²) >= 11 is 0. The monoisotopic (exact) mass is 256 g/mol. The van der Waals surface area contributed by atoms with Crippen molar-refractivity contribution in [2.24, 2.45) is 5.41 Å². The van der Waals surface area contributed by atoms with Crippen molar-refractivity contribution in [3.63, 3.8) is 0 Å². The Hall–Kier alpha value is -2.10. The second kappa shape index (κ2) is 3.95. The Labute approximate surface area is 111 Å². The molecule has 1 aromatic carbocycles. The number of anilines is 1. The zero-order valence-electron chi connectivity index (χ0n) is 11.0. The lowest BCUT2D eigenvalue weighted by Crippen LogP contribution is -2.11. The molecule has 1 aromatic heterocycles. The molecular weight excluding hydrogens is 240 g/mol. The second-order valence-corrected chi connectivity index (χ2v) is 5.77. The molecule has 0 spiro atoms. The third kappa shape index (κ3) is 2.14. The number of carboxylic acid groups (broad SMARTS) is 1. The summed E-state index contributed by atoms with van der Waals surface area (Å²) < 4.78 is 0. The molecule has 1 heterocycles. The van der Waals surface area contributed by atoms with Crippen molar-refractivity contribution in [3.05, 3.63) is 35.9 Å². The van der Waals surface area contributed by atoms with Crippen molar-refractivity contribution < 1.29 is 9.90 Å².